The minimum atomic E-state index is 0.164. The van der Waals surface area contributed by atoms with Crippen molar-refractivity contribution in [2.45, 2.75) is 40.2 Å². The van der Waals surface area contributed by atoms with E-state index in [9.17, 15) is 0 Å². The van der Waals surface area contributed by atoms with Crippen LogP contribution >= 0.6 is 12.2 Å². The molecule has 0 radical (unpaired) electrons. The molecule has 4 rings (SSSR count). The van der Waals surface area contributed by atoms with Crippen LogP contribution in [0.15, 0.2) is 23.3 Å². The van der Waals surface area contributed by atoms with Gasteiger partial charge in [0.05, 0.1) is 18.5 Å². The number of hydrogen-bond acceptors (Lipinski definition) is 6. The molecule has 3 aromatic rings. The monoisotopic (exact) mass is 398 g/mol. The van der Waals surface area contributed by atoms with E-state index in [4.69, 9.17) is 21.7 Å². The SMILES string of the molecule is CCOc1cc2c(cc1/C=N\n1c(-n3nc(C)cc3C)n[nH]c1=S)O[C@@H](C)C2. The van der Waals surface area contributed by atoms with E-state index in [1.807, 2.05) is 39.0 Å². The van der Waals surface area contributed by atoms with Crippen molar-refractivity contribution in [1.82, 2.24) is 24.7 Å². The van der Waals surface area contributed by atoms with Gasteiger partial charge in [-0.15, -0.1) is 5.10 Å². The van der Waals surface area contributed by atoms with Crippen LogP contribution in [0.2, 0.25) is 0 Å². The second-order valence-corrected chi connectivity index (χ2v) is 7.17. The van der Waals surface area contributed by atoms with Gasteiger partial charge in [-0.2, -0.15) is 14.9 Å². The third-order valence-corrected chi connectivity index (χ3v) is 4.74. The van der Waals surface area contributed by atoms with Crippen LogP contribution in [0, 0.1) is 18.6 Å². The molecule has 0 spiro atoms. The van der Waals surface area contributed by atoms with E-state index in [0.29, 0.717) is 17.3 Å². The van der Waals surface area contributed by atoms with Gasteiger partial charge in [0.1, 0.15) is 17.6 Å². The Bertz CT molecular complexity index is 1110. The average molecular weight is 398 g/mol. The lowest BCUT2D eigenvalue weighted by Gasteiger charge is -2.10. The first-order chi connectivity index (χ1) is 13.5. The molecule has 28 heavy (non-hydrogen) atoms. The number of aryl methyl sites for hydroxylation is 2. The summed E-state index contributed by atoms with van der Waals surface area (Å²) >= 11 is 5.35. The highest BCUT2D eigenvalue weighted by Crippen LogP contribution is 2.34. The number of H-pyrrole nitrogens is 1. The number of benzene rings is 1. The highest BCUT2D eigenvalue weighted by molar-refractivity contribution is 7.71. The zero-order valence-corrected chi connectivity index (χ0v) is 17.1. The Kier molecular flexibility index (Phi) is 4.76. The minimum absolute atomic E-state index is 0.164. The Labute approximate surface area is 167 Å². The lowest BCUT2D eigenvalue weighted by molar-refractivity contribution is 0.254. The van der Waals surface area contributed by atoms with Crippen LogP contribution in [0.4, 0.5) is 0 Å². The summed E-state index contributed by atoms with van der Waals surface area (Å²) in [6.45, 7) is 8.47. The summed E-state index contributed by atoms with van der Waals surface area (Å²) < 4.78 is 15.3. The van der Waals surface area contributed by atoms with Gasteiger partial charge in [0, 0.05) is 23.2 Å². The predicted molar refractivity (Wildman–Crippen MR) is 108 cm³/mol. The summed E-state index contributed by atoms with van der Waals surface area (Å²) in [5.74, 6) is 2.13. The third-order valence-electron chi connectivity index (χ3n) is 4.47. The van der Waals surface area contributed by atoms with Crippen LogP contribution in [-0.2, 0) is 6.42 Å². The van der Waals surface area contributed by atoms with Crippen molar-refractivity contribution in [1.29, 1.82) is 0 Å². The van der Waals surface area contributed by atoms with Gasteiger partial charge >= 0.3 is 0 Å². The molecule has 0 saturated heterocycles. The van der Waals surface area contributed by atoms with E-state index >= 15 is 0 Å². The fraction of sp³-hybridized carbons (Fsp3) is 0.368. The van der Waals surface area contributed by atoms with Gasteiger partial charge in [0.25, 0.3) is 5.95 Å². The summed E-state index contributed by atoms with van der Waals surface area (Å²) in [5, 5.41) is 16.1. The lowest BCUT2D eigenvalue weighted by atomic mass is 10.1. The molecule has 1 atom stereocenters. The van der Waals surface area contributed by atoms with Crippen LogP contribution in [0.1, 0.15) is 36.4 Å². The molecular formula is C19H22N6O2S. The van der Waals surface area contributed by atoms with E-state index in [2.05, 4.69) is 27.3 Å². The van der Waals surface area contributed by atoms with Crippen LogP contribution in [-0.4, -0.2) is 43.6 Å². The predicted octanol–water partition coefficient (Wildman–Crippen LogP) is 3.35. The first-order valence-corrected chi connectivity index (χ1v) is 9.59. The summed E-state index contributed by atoms with van der Waals surface area (Å²) in [4.78, 5) is 0. The lowest BCUT2D eigenvalue weighted by Crippen LogP contribution is -2.07. The maximum Gasteiger partial charge on any atom is 0.271 e. The fourth-order valence-electron chi connectivity index (χ4n) is 3.31. The largest absolute Gasteiger partial charge is 0.493 e. The maximum atomic E-state index is 5.88. The average Bonchev–Trinajstić information content (AvgIpc) is 3.29. The summed E-state index contributed by atoms with van der Waals surface area (Å²) in [7, 11) is 0. The number of hydrogen-bond donors (Lipinski definition) is 1. The second-order valence-electron chi connectivity index (χ2n) is 6.79. The Morgan fingerprint density at radius 1 is 1.39 bits per heavy atom. The van der Waals surface area contributed by atoms with Crippen molar-refractivity contribution in [2.75, 3.05) is 6.61 Å². The molecular weight excluding hydrogens is 376 g/mol. The Hall–Kier alpha value is -2.94. The fourth-order valence-corrected chi connectivity index (χ4v) is 3.49. The molecule has 1 aliphatic heterocycles. The zero-order chi connectivity index (χ0) is 19.8. The van der Waals surface area contributed by atoms with Crippen molar-refractivity contribution >= 4 is 18.4 Å². The van der Waals surface area contributed by atoms with Crippen molar-refractivity contribution in [2.24, 2.45) is 5.10 Å². The maximum absolute atomic E-state index is 5.88. The molecule has 0 amide bonds. The van der Waals surface area contributed by atoms with Crippen LogP contribution in [0.5, 0.6) is 11.5 Å². The van der Waals surface area contributed by atoms with Gasteiger partial charge in [0.15, 0.2) is 0 Å². The van der Waals surface area contributed by atoms with E-state index in [1.54, 1.807) is 15.6 Å². The molecule has 0 fully saturated rings. The molecule has 1 N–H and O–H groups in total. The topological polar surface area (TPSA) is 82.3 Å². The summed E-state index contributed by atoms with van der Waals surface area (Å²) in [6.07, 6.45) is 2.75. The number of nitrogens with zero attached hydrogens (tertiary/aromatic N) is 5. The van der Waals surface area contributed by atoms with Crippen LogP contribution < -0.4 is 9.47 Å². The molecule has 1 aliphatic rings. The van der Waals surface area contributed by atoms with Crippen molar-refractivity contribution in [3.8, 4) is 17.4 Å². The molecule has 9 heteroatoms. The molecule has 0 bridgehead atoms. The van der Waals surface area contributed by atoms with Gasteiger partial charge in [-0.3, -0.25) is 0 Å². The molecule has 8 nitrogen and oxygen atoms in total. The normalized spacial score (nSPS) is 15.8. The number of aromatic amines is 1. The Morgan fingerprint density at radius 3 is 2.93 bits per heavy atom. The highest BCUT2D eigenvalue weighted by Gasteiger charge is 2.21. The first-order valence-electron chi connectivity index (χ1n) is 9.18. The van der Waals surface area contributed by atoms with E-state index in [0.717, 1.165) is 40.4 Å². The molecule has 3 heterocycles. The molecule has 1 aromatic carbocycles. The van der Waals surface area contributed by atoms with Gasteiger partial charge in [-0.05, 0) is 58.1 Å². The number of nitrogens with one attached hydrogen (secondary N) is 1. The molecule has 146 valence electrons. The smallest absolute Gasteiger partial charge is 0.271 e. The van der Waals surface area contributed by atoms with Gasteiger partial charge in [0.2, 0.25) is 4.77 Å². The summed E-state index contributed by atoms with van der Waals surface area (Å²) in [5.41, 5.74) is 3.80. The quantitative estimate of drug-likeness (QED) is 0.526. The molecule has 0 unspecified atom stereocenters. The van der Waals surface area contributed by atoms with Crippen LogP contribution in [0.3, 0.4) is 0 Å². The van der Waals surface area contributed by atoms with Gasteiger partial charge in [-0.1, -0.05) is 0 Å². The second kappa shape index (κ2) is 7.23. The van der Waals surface area contributed by atoms with Crippen LogP contribution in [0.25, 0.3) is 5.95 Å². The molecule has 0 saturated carbocycles. The van der Waals surface area contributed by atoms with Gasteiger partial charge in [-0.25, -0.2) is 9.78 Å². The number of ether oxygens (including phenoxy) is 2. The van der Waals surface area contributed by atoms with E-state index < -0.39 is 0 Å². The van der Waals surface area contributed by atoms with Crippen molar-refractivity contribution < 1.29 is 9.47 Å². The number of fused-ring (bicyclic) bond motifs is 1. The minimum Gasteiger partial charge on any atom is -0.493 e. The van der Waals surface area contributed by atoms with E-state index in [-0.39, 0.29) is 6.10 Å². The third kappa shape index (κ3) is 3.33. The Balaban J connectivity index is 1.75. The first kappa shape index (κ1) is 18.4. The summed E-state index contributed by atoms with van der Waals surface area (Å²) in [6, 6.07) is 5.96. The molecule has 0 aliphatic carbocycles. The standard InChI is InChI=1S/C19H22N6O2S/c1-5-26-16-8-14-7-13(4)27-17(14)9-15(16)10-20-25-18(21-22-19(25)28)24-12(3)6-11(2)23-24/h6,8-10,13H,5,7H2,1-4H3,(H,22,28)/b20-10-/t13-/m0/s1. The highest BCUT2D eigenvalue weighted by atomic mass is 32.1. The van der Waals surface area contributed by atoms with E-state index in [1.165, 1.54) is 0 Å². The Morgan fingerprint density at radius 2 is 2.21 bits per heavy atom. The van der Waals surface area contributed by atoms with Gasteiger partial charge < -0.3 is 9.47 Å². The zero-order valence-electron chi connectivity index (χ0n) is 16.3. The molecule has 2 aromatic heterocycles. The number of rotatable bonds is 5. The van der Waals surface area contributed by atoms with Crippen molar-refractivity contribution in [3.05, 3.63) is 45.5 Å². The van der Waals surface area contributed by atoms with Crippen molar-refractivity contribution in [3.63, 3.8) is 0 Å². The number of aromatic nitrogens is 5.